The number of hydrogen-bond acceptors (Lipinski definition) is 2. The predicted molar refractivity (Wildman–Crippen MR) is 118 cm³/mol. The molecule has 142 valence electrons. The van der Waals surface area contributed by atoms with Crippen molar-refractivity contribution in [2.24, 2.45) is 0 Å². The van der Waals surface area contributed by atoms with Crippen molar-refractivity contribution in [3.05, 3.63) is 86.8 Å². The van der Waals surface area contributed by atoms with Gasteiger partial charge < -0.3 is 0 Å². The Hall–Kier alpha value is -1.45. The molecule has 3 heteroatoms. The molecule has 2 aliphatic carbocycles. The lowest BCUT2D eigenvalue weighted by molar-refractivity contribution is 0.440. The van der Waals surface area contributed by atoms with Gasteiger partial charge in [0.25, 0.3) is 0 Å². The van der Waals surface area contributed by atoms with Gasteiger partial charge in [-0.25, -0.2) is 4.39 Å². The Morgan fingerprint density at radius 1 is 1.04 bits per heavy atom. The highest BCUT2D eigenvalue weighted by Gasteiger charge is 2.46. The molecule has 6 rings (SSSR count). The lowest BCUT2D eigenvalue weighted by atomic mass is 9.61. The van der Waals surface area contributed by atoms with Gasteiger partial charge in [0.05, 0.1) is 0 Å². The Kier molecular flexibility index (Phi) is 4.06. The van der Waals surface area contributed by atoms with Crippen molar-refractivity contribution in [1.82, 2.24) is 0 Å². The van der Waals surface area contributed by atoms with Crippen molar-refractivity contribution in [2.45, 2.75) is 60.1 Å². The van der Waals surface area contributed by atoms with Gasteiger partial charge in [-0.2, -0.15) is 0 Å². The Labute approximate surface area is 174 Å². The van der Waals surface area contributed by atoms with Crippen molar-refractivity contribution in [3.8, 4) is 0 Å². The predicted octanol–water partition coefficient (Wildman–Crippen LogP) is 7.08. The molecule has 2 heterocycles. The summed E-state index contributed by atoms with van der Waals surface area (Å²) in [6.07, 6.45) is 8.75. The first kappa shape index (κ1) is 17.4. The number of halogens is 1. The second-order valence-corrected chi connectivity index (χ2v) is 11.0. The topological polar surface area (TPSA) is 0 Å². The third kappa shape index (κ3) is 2.66. The number of benzene rings is 2. The van der Waals surface area contributed by atoms with Gasteiger partial charge in [0.1, 0.15) is 0 Å². The molecule has 0 saturated heterocycles. The van der Waals surface area contributed by atoms with Crippen LogP contribution in [0.4, 0.5) is 4.39 Å². The van der Waals surface area contributed by atoms with E-state index in [-0.39, 0.29) is 0 Å². The van der Waals surface area contributed by atoms with Crippen LogP contribution < -0.4 is 0 Å². The maximum atomic E-state index is 13.9. The van der Waals surface area contributed by atoms with Crippen molar-refractivity contribution < 1.29 is 4.39 Å². The van der Waals surface area contributed by atoms with Crippen LogP contribution in [-0.2, 0) is 12.8 Å². The second-order valence-electron chi connectivity index (χ2n) is 8.50. The second kappa shape index (κ2) is 6.53. The van der Waals surface area contributed by atoms with E-state index < -0.39 is 5.50 Å². The molecule has 0 spiro atoms. The largest absolute Gasteiger partial charge is 0.235 e. The van der Waals surface area contributed by atoms with Gasteiger partial charge in [-0.05, 0) is 60.1 Å². The number of hydrogen-bond donors (Lipinski definition) is 0. The Morgan fingerprint density at radius 2 is 1.89 bits per heavy atom. The molecule has 4 atom stereocenters. The van der Waals surface area contributed by atoms with E-state index in [2.05, 4.69) is 67.2 Å². The van der Waals surface area contributed by atoms with Crippen molar-refractivity contribution in [2.75, 3.05) is 0 Å². The average molecular weight is 407 g/mol. The van der Waals surface area contributed by atoms with Crippen molar-refractivity contribution in [1.29, 1.82) is 0 Å². The summed E-state index contributed by atoms with van der Waals surface area (Å²) >= 11 is 3.49. The number of rotatable bonds is 3. The first-order valence-electron chi connectivity index (χ1n) is 10.3. The molecule has 4 unspecified atom stereocenters. The van der Waals surface area contributed by atoms with E-state index in [1.165, 1.54) is 56.7 Å². The van der Waals surface area contributed by atoms with Crippen LogP contribution in [0.2, 0.25) is 0 Å². The highest BCUT2D eigenvalue weighted by atomic mass is 32.2. The highest BCUT2D eigenvalue weighted by Crippen LogP contribution is 2.62. The summed E-state index contributed by atoms with van der Waals surface area (Å²) in [4.78, 5) is 2.69. The summed E-state index contributed by atoms with van der Waals surface area (Å²) in [6.45, 7) is 2.15. The molecule has 0 radical (unpaired) electrons. The van der Waals surface area contributed by atoms with Crippen molar-refractivity contribution in [3.63, 3.8) is 0 Å². The standard InChI is InChI=1S/C25H23FS2/c1-14-2-4-15(5-3-14)6-7-16-12-19-21(27-16)10-8-17-24(19)18-9-11-22-20(25(17)18)13-23(26)28-22/h2-5,8-11,16,18,23,25H,6-7,12-13H2,1H3. The number of thioether (sulfide) groups is 2. The van der Waals surface area contributed by atoms with E-state index in [0.29, 0.717) is 23.5 Å². The van der Waals surface area contributed by atoms with Crippen LogP contribution in [0.25, 0.3) is 0 Å². The van der Waals surface area contributed by atoms with Gasteiger partial charge in [-0.15, -0.1) is 11.8 Å². The van der Waals surface area contributed by atoms with Crippen LogP contribution in [0, 0.1) is 6.92 Å². The molecule has 0 amide bonds. The fourth-order valence-corrected chi connectivity index (χ4v) is 7.75. The van der Waals surface area contributed by atoms with Crippen molar-refractivity contribution >= 4 is 23.5 Å². The molecular weight excluding hydrogens is 383 g/mol. The molecular formula is C25H23FS2. The van der Waals surface area contributed by atoms with Crippen LogP contribution in [0.5, 0.6) is 0 Å². The minimum atomic E-state index is -0.742. The van der Waals surface area contributed by atoms with E-state index in [0.717, 1.165) is 6.42 Å². The minimum absolute atomic E-state index is 0.449. The first-order valence-corrected chi connectivity index (χ1v) is 12.0. The molecule has 0 saturated carbocycles. The molecule has 2 aromatic carbocycles. The summed E-state index contributed by atoms with van der Waals surface area (Å²) < 4.78 is 13.9. The van der Waals surface area contributed by atoms with Crippen LogP contribution in [0.3, 0.4) is 0 Å². The average Bonchev–Trinajstić information content (AvgIpc) is 3.24. The Morgan fingerprint density at radius 3 is 2.75 bits per heavy atom. The summed E-state index contributed by atoms with van der Waals surface area (Å²) in [7, 11) is 0. The normalized spacial score (nSPS) is 29.2. The summed E-state index contributed by atoms with van der Waals surface area (Å²) in [6, 6.07) is 13.7. The molecule has 0 nitrogen and oxygen atoms in total. The zero-order chi connectivity index (χ0) is 18.8. The molecule has 4 aliphatic rings. The molecule has 0 N–H and O–H groups in total. The van der Waals surface area contributed by atoms with Crippen LogP contribution in [0.15, 0.2) is 63.9 Å². The summed E-state index contributed by atoms with van der Waals surface area (Å²) in [5, 5.41) is 0.682. The third-order valence-corrected chi connectivity index (χ3v) is 9.21. The van der Waals surface area contributed by atoms with Crippen LogP contribution in [0.1, 0.15) is 52.5 Å². The highest BCUT2D eigenvalue weighted by molar-refractivity contribution is 8.04. The lowest BCUT2D eigenvalue weighted by Gasteiger charge is -2.43. The first-order chi connectivity index (χ1) is 13.7. The maximum Gasteiger partial charge on any atom is 0.154 e. The smallest absolute Gasteiger partial charge is 0.154 e. The molecule has 2 aliphatic heterocycles. The Bertz CT molecular complexity index is 1020. The van der Waals surface area contributed by atoms with E-state index in [1.54, 1.807) is 11.1 Å². The molecule has 0 aromatic heterocycles. The van der Waals surface area contributed by atoms with Gasteiger partial charge >= 0.3 is 0 Å². The van der Waals surface area contributed by atoms with Crippen LogP contribution >= 0.6 is 23.5 Å². The zero-order valence-corrected chi connectivity index (χ0v) is 17.6. The van der Waals surface area contributed by atoms with Crippen LogP contribution in [-0.4, -0.2) is 10.8 Å². The van der Waals surface area contributed by atoms with E-state index in [9.17, 15) is 4.39 Å². The van der Waals surface area contributed by atoms with Gasteiger partial charge in [0.15, 0.2) is 5.50 Å². The minimum Gasteiger partial charge on any atom is -0.235 e. The lowest BCUT2D eigenvalue weighted by Crippen LogP contribution is -2.28. The number of alkyl halides is 1. The fraction of sp³-hybridized carbons (Fsp3) is 0.360. The number of allylic oxidation sites excluding steroid dienone is 3. The molecule has 0 fully saturated rings. The SMILES string of the molecule is Cc1ccc(CCC2Cc3c(ccc4c3C3C=CC5=C(CC(F)S5)C43)S2)cc1. The Balaban J connectivity index is 1.22. The molecule has 2 aromatic rings. The van der Waals surface area contributed by atoms with E-state index in [4.69, 9.17) is 0 Å². The van der Waals surface area contributed by atoms with E-state index >= 15 is 0 Å². The summed E-state index contributed by atoms with van der Waals surface area (Å²) in [5.41, 5.74) is 8.04. The third-order valence-electron chi connectivity index (χ3n) is 6.76. The summed E-state index contributed by atoms with van der Waals surface area (Å²) in [5.74, 6) is 0.941. The quantitative estimate of drug-likeness (QED) is 0.534. The number of fused-ring (bicyclic) bond motifs is 7. The molecule has 28 heavy (non-hydrogen) atoms. The van der Waals surface area contributed by atoms with Gasteiger partial charge in [0, 0.05) is 33.3 Å². The fourth-order valence-electron chi connectivity index (χ4n) is 5.36. The van der Waals surface area contributed by atoms with Gasteiger partial charge in [-0.1, -0.05) is 59.8 Å². The van der Waals surface area contributed by atoms with Gasteiger partial charge in [-0.3, -0.25) is 0 Å². The van der Waals surface area contributed by atoms with Gasteiger partial charge in [0.2, 0.25) is 0 Å². The molecule has 0 bridgehead atoms. The number of aryl methyl sites for hydroxylation is 2. The van der Waals surface area contributed by atoms with E-state index in [1.807, 2.05) is 0 Å². The monoisotopic (exact) mass is 406 g/mol. The zero-order valence-electron chi connectivity index (χ0n) is 16.0. The maximum absolute atomic E-state index is 13.9.